The van der Waals surface area contributed by atoms with Crippen LogP contribution in [0.25, 0.3) is 0 Å². The number of benzene rings is 1. The van der Waals surface area contributed by atoms with E-state index in [2.05, 4.69) is 4.74 Å². The van der Waals surface area contributed by atoms with Crippen LogP contribution < -0.4 is 0 Å². The third-order valence-corrected chi connectivity index (χ3v) is 4.84. The average molecular weight is 269 g/mol. The van der Waals surface area contributed by atoms with Crippen LogP contribution in [0, 0.1) is 0 Å². The van der Waals surface area contributed by atoms with Crippen LogP contribution in [0.2, 0.25) is 0 Å². The lowest BCUT2D eigenvalue weighted by atomic mass is 10.1. The Morgan fingerprint density at radius 3 is 2.56 bits per heavy atom. The van der Waals surface area contributed by atoms with E-state index in [1.807, 2.05) is 6.07 Å². The number of esters is 1. The van der Waals surface area contributed by atoms with Gasteiger partial charge >= 0.3 is 5.97 Å². The van der Waals surface area contributed by atoms with Gasteiger partial charge in [-0.2, -0.15) is 4.31 Å². The van der Waals surface area contributed by atoms with Gasteiger partial charge in [0.2, 0.25) is 10.0 Å². The molecule has 0 bridgehead atoms. The highest BCUT2D eigenvalue weighted by Gasteiger charge is 2.42. The topological polar surface area (TPSA) is 63.7 Å². The van der Waals surface area contributed by atoms with E-state index in [0.29, 0.717) is 18.5 Å². The first kappa shape index (κ1) is 13.0. The van der Waals surface area contributed by atoms with Crippen LogP contribution in [-0.4, -0.2) is 38.4 Å². The monoisotopic (exact) mass is 269 g/mol. The van der Waals surface area contributed by atoms with Gasteiger partial charge in [0.05, 0.1) is 12.9 Å². The highest BCUT2D eigenvalue weighted by Crippen LogP contribution is 2.25. The van der Waals surface area contributed by atoms with Gasteiger partial charge in [0.25, 0.3) is 0 Å². The van der Waals surface area contributed by atoms with Crippen molar-refractivity contribution < 1.29 is 17.9 Å². The molecule has 2 rings (SSSR count). The zero-order valence-electron chi connectivity index (χ0n) is 10.1. The average Bonchev–Trinajstić information content (AvgIpc) is 2.27. The minimum atomic E-state index is -3.45. The molecule has 98 valence electrons. The molecule has 1 saturated heterocycles. The Hall–Kier alpha value is -1.40. The second-order valence-electron chi connectivity index (χ2n) is 4.18. The molecule has 18 heavy (non-hydrogen) atoms. The van der Waals surface area contributed by atoms with Crippen molar-refractivity contribution in [2.24, 2.45) is 0 Å². The fraction of sp³-hybridized carbons (Fsp3) is 0.417. The Morgan fingerprint density at radius 2 is 2.06 bits per heavy atom. The SMILES string of the molecule is COC(=O)C1CCN1S(=O)(=O)Cc1ccccc1. The summed E-state index contributed by atoms with van der Waals surface area (Å²) in [7, 11) is -2.18. The van der Waals surface area contributed by atoms with Crippen molar-refractivity contribution in [3.05, 3.63) is 35.9 Å². The summed E-state index contributed by atoms with van der Waals surface area (Å²) in [5.74, 6) is -0.570. The molecule has 1 fully saturated rings. The molecule has 0 spiro atoms. The van der Waals surface area contributed by atoms with E-state index in [0.717, 1.165) is 0 Å². The van der Waals surface area contributed by atoms with Gasteiger partial charge in [0.1, 0.15) is 6.04 Å². The van der Waals surface area contributed by atoms with Crippen LogP contribution >= 0.6 is 0 Å². The number of carbonyl (C=O) groups excluding carboxylic acids is 1. The predicted octanol–water partition coefficient (Wildman–Crippen LogP) is 0.764. The van der Waals surface area contributed by atoms with E-state index in [1.54, 1.807) is 24.3 Å². The van der Waals surface area contributed by atoms with E-state index < -0.39 is 22.0 Å². The van der Waals surface area contributed by atoms with Crippen molar-refractivity contribution in [2.45, 2.75) is 18.2 Å². The van der Waals surface area contributed by atoms with E-state index in [-0.39, 0.29) is 5.75 Å². The van der Waals surface area contributed by atoms with Gasteiger partial charge in [-0.3, -0.25) is 4.79 Å². The van der Waals surface area contributed by atoms with Crippen molar-refractivity contribution in [1.29, 1.82) is 0 Å². The maximum absolute atomic E-state index is 12.1. The molecule has 1 atom stereocenters. The first-order valence-electron chi connectivity index (χ1n) is 5.66. The van der Waals surface area contributed by atoms with Crippen LogP contribution in [0.4, 0.5) is 0 Å². The molecule has 0 N–H and O–H groups in total. The van der Waals surface area contributed by atoms with Crippen LogP contribution in [0.3, 0.4) is 0 Å². The number of rotatable bonds is 4. The van der Waals surface area contributed by atoms with Gasteiger partial charge in [0, 0.05) is 6.54 Å². The maximum Gasteiger partial charge on any atom is 0.324 e. The van der Waals surface area contributed by atoms with Gasteiger partial charge in [-0.1, -0.05) is 30.3 Å². The molecule has 1 unspecified atom stereocenters. The molecular weight excluding hydrogens is 254 g/mol. The Labute approximate surface area is 106 Å². The van der Waals surface area contributed by atoms with Crippen molar-refractivity contribution in [3.63, 3.8) is 0 Å². The quantitative estimate of drug-likeness (QED) is 0.757. The molecule has 0 saturated carbocycles. The molecule has 0 amide bonds. The highest BCUT2D eigenvalue weighted by atomic mass is 32.2. The maximum atomic E-state index is 12.1. The van der Waals surface area contributed by atoms with Crippen molar-refractivity contribution in [1.82, 2.24) is 4.31 Å². The lowest BCUT2D eigenvalue weighted by Gasteiger charge is -2.37. The predicted molar refractivity (Wildman–Crippen MR) is 66.2 cm³/mol. The third kappa shape index (κ3) is 2.54. The van der Waals surface area contributed by atoms with Gasteiger partial charge in [0.15, 0.2) is 0 Å². The Kier molecular flexibility index (Phi) is 3.68. The smallest absolute Gasteiger partial charge is 0.324 e. The molecule has 0 aliphatic carbocycles. The van der Waals surface area contributed by atoms with Crippen LogP contribution in [-0.2, 0) is 25.3 Å². The summed E-state index contributed by atoms with van der Waals surface area (Å²) in [6.07, 6.45) is 0.528. The zero-order chi connectivity index (χ0) is 13.2. The number of hydrogen-bond donors (Lipinski definition) is 0. The summed E-state index contributed by atoms with van der Waals surface area (Å²) in [5.41, 5.74) is 0.716. The zero-order valence-corrected chi connectivity index (χ0v) is 10.9. The van der Waals surface area contributed by atoms with Gasteiger partial charge in [-0.05, 0) is 12.0 Å². The first-order chi connectivity index (χ1) is 8.54. The number of sulfonamides is 1. The Bertz CT molecular complexity index is 526. The Morgan fingerprint density at radius 1 is 1.39 bits per heavy atom. The van der Waals surface area contributed by atoms with Crippen molar-refractivity contribution in [2.75, 3.05) is 13.7 Å². The summed E-state index contributed by atoms with van der Waals surface area (Å²) in [4.78, 5) is 11.4. The normalized spacial score (nSPS) is 20.2. The largest absolute Gasteiger partial charge is 0.468 e. The highest BCUT2D eigenvalue weighted by molar-refractivity contribution is 7.88. The van der Waals surface area contributed by atoms with Gasteiger partial charge in [-0.25, -0.2) is 8.42 Å². The number of hydrogen-bond acceptors (Lipinski definition) is 4. The number of nitrogens with zero attached hydrogens (tertiary/aromatic N) is 1. The van der Waals surface area contributed by atoms with E-state index in [1.165, 1.54) is 11.4 Å². The van der Waals surface area contributed by atoms with E-state index in [4.69, 9.17) is 0 Å². The summed E-state index contributed by atoms with van der Waals surface area (Å²) in [6, 6.07) is 8.27. The number of carbonyl (C=O) groups is 1. The molecule has 1 aliphatic heterocycles. The lowest BCUT2D eigenvalue weighted by molar-refractivity contribution is -0.148. The second-order valence-corrected chi connectivity index (χ2v) is 6.10. The van der Waals surface area contributed by atoms with Crippen LogP contribution in [0.5, 0.6) is 0 Å². The fourth-order valence-electron chi connectivity index (χ4n) is 1.94. The minimum Gasteiger partial charge on any atom is -0.468 e. The summed E-state index contributed by atoms with van der Waals surface area (Å²) in [6.45, 7) is 0.384. The number of methoxy groups -OCH3 is 1. The Balaban J connectivity index is 2.10. The molecule has 1 aromatic carbocycles. The molecule has 1 heterocycles. The second kappa shape index (κ2) is 5.07. The molecule has 5 nitrogen and oxygen atoms in total. The van der Waals surface area contributed by atoms with E-state index in [9.17, 15) is 13.2 Å². The molecule has 6 heteroatoms. The number of ether oxygens (including phenoxy) is 1. The van der Waals surface area contributed by atoms with Crippen LogP contribution in [0.1, 0.15) is 12.0 Å². The van der Waals surface area contributed by atoms with Gasteiger partial charge < -0.3 is 4.74 Å². The molecule has 0 radical (unpaired) electrons. The molecular formula is C12H15NO4S. The molecule has 1 aliphatic rings. The lowest BCUT2D eigenvalue weighted by Crippen LogP contribution is -2.55. The van der Waals surface area contributed by atoms with Crippen molar-refractivity contribution >= 4 is 16.0 Å². The minimum absolute atomic E-state index is 0.0820. The van der Waals surface area contributed by atoms with E-state index >= 15 is 0 Å². The van der Waals surface area contributed by atoms with Crippen molar-refractivity contribution in [3.8, 4) is 0 Å². The standard InChI is InChI=1S/C12H15NO4S/c1-17-12(14)11-7-8-13(11)18(15,16)9-10-5-3-2-4-6-10/h2-6,11H,7-9H2,1H3. The fourth-order valence-corrected chi connectivity index (χ4v) is 3.68. The van der Waals surface area contributed by atoms with Crippen LogP contribution in [0.15, 0.2) is 30.3 Å². The molecule has 0 aromatic heterocycles. The third-order valence-electron chi connectivity index (χ3n) is 2.99. The summed E-state index contributed by atoms with van der Waals surface area (Å²) >= 11 is 0. The van der Waals surface area contributed by atoms with Gasteiger partial charge in [-0.15, -0.1) is 0 Å². The summed E-state index contributed by atoms with van der Waals surface area (Å²) in [5, 5.41) is 0. The molecule has 1 aromatic rings. The summed E-state index contributed by atoms with van der Waals surface area (Å²) < 4.78 is 30.1. The first-order valence-corrected chi connectivity index (χ1v) is 7.27.